The van der Waals surface area contributed by atoms with E-state index in [0.29, 0.717) is 0 Å². The van der Waals surface area contributed by atoms with Crippen molar-refractivity contribution in [3.63, 3.8) is 0 Å². The summed E-state index contributed by atoms with van der Waals surface area (Å²) < 4.78 is 6.46. The number of hydrogen-bond donors (Lipinski definition) is 0. The molecule has 0 atom stereocenters. The Balaban J connectivity index is 1.17. The largest absolute Gasteiger partial charge is 0.456 e. The third-order valence-electron chi connectivity index (χ3n) is 10.9. The summed E-state index contributed by atoms with van der Waals surface area (Å²) in [6.07, 6.45) is 0. The Labute approximate surface area is 279 Å². The third kappa shape index (κ3) is 3.30. The van der Waals surface area contributed by atoms with Crippen molar-refractivity contribution < 1.29 is 4.74 Å². The van der Waals surface area contributed by atoms with Gasteiger partial charge in [0.25, 0.3) is 0 Å². The summed E-state index contributed by atoms with van der Waals surface area (Å²) in [4.78, 5) is 0. The first kappa shape index (κ1) is 25.9. The van der Waals surface area contributed by atoms with Crippen LogP contribution in [0.15, 0.2) is 170 Å². The predicted octanol–water partition coefficient (Wildman–Crippen LogP) is 12.3. The van der Waals surface area contributed by atoms with Crippen LogP contribution in [-0.2, 0) is 5.41 Å². The van der Waals surface area contributed by atoms with Gasteiger partial charge in [0.15, 0.2) is 0 Å². The van der Waals surface area contributed by atoms with Crippen molar-refractivity contribution in [1.29, 1.82) is 0 Å². The SMILES string of the molecule is c1ccc(-c2ccc3c(c2)C2(c4ccccc4-c4ccccc42)c2cc(-c4ccc5c(c4)-c4cccc6cccc(c46)O5)ccc2-3)cc1. The minimum Gasteiger partial charge on any atom is -0.456 e. The zero-order chi connectivity index (χ0) is 31.4. The molecule has 0 N–H and O–H groups in total. The molecule has 0 fully saturated rings. The smallest absolute Gasteiger partial charge is 0.135 e. The van der Waals surface area contributed by atoms with Gasteiger partial charge in [0, 0.05) is 10.9 Å². The van der Waals surface area contributed by atoms with E-state index in [9.17, 15) is 0 Å². The monoisotopic (exact) mass is 608 g/mol. The first-order valence-electron chi connectivity index (χ1n) is 16.7. The third-order valence-corrected chi connectivity index (χ3v) is 10.9. The molecule has 0 aromatic heterocycles. The molecule has 222 valence electrons. The van der Waals surface area contributed by atoms with Gasteiger partial charge in [-0.25, -0.2) is 0 Å². The summed E-state index contributed by atoms with van der Waals surface area (Å²) in [5.41, 5.74) is 17.5. The van der Waals surface area contributed by atoms with Gasteiger partial charge in [0.1, 0.15) is 11.5 Å². The lowest BCUT2D eigenvalue weighted by Gasteiger charge is -2.31. The first-order valence-corrected chi connectivity index (χ1v) is 16.7. The van der Waals surface area contributed by atoms with E-state index < -0.39 is 5.41 Å². The molecule has 1 spiro atoms. The Hall–Kier alpha value is -6.18. The van der Waals surface area contributed by atoms with Crippen LogP contribution in [-0.4, -0.2) is 0 Å². The number of hydrogen-bond acceptors (Lipinski definition) is 1. The van der Waals surface area contributed by atoms with Crippen molar-refractivity contribution >= 4 is 10.8 Å². The summed E-state index contributed by atoms with van der Waals surface area (Å²) in [6.45, 7) is 0. The fourth-order valence-corrected chi connectivity index (χ4v) is 8.87. The molecular formula is C47H28O. The van der Waals surface area contributed by atoms with E-state index >= 15 is 0 Å². The predicted molar refractivity (Wildman–Crippen MR) is 197 cm³/mol. The average molecular weight is 609 g/mol. The van der Waals surface area contributed by atoms with Crippen molar-refractivity contribution in [2.24, 2.45) is 0 Å². The van der Waals surface area contributed by atoms with Crippen LogP contribution >= 0.6 is 0 Å². The van der Waals surface area contributed by atoms with Crippen molar-refractivity contribution in [3.8, 4) is 67.1 Å². The molecule has 8 aromatic carbocycles. The molecule has 11 rings (SSSR count). The van der Waals surface area contributed by atoms with Gasteiger partial charge >= 0.3 is 0 Å². The highest BCUT2D eigenvalue weighted by molar-refractivity contribution is 6.05. The van der Waals surface area contributed by atoms with Crippen LogP contribution in [0.4, 0.5) is 0 Å². The Bertz CT molecular complexity index is 2590. The minimum atomic E-state index is -0.416. The lowest BCUT2D eigenvalue weighted by Crippen LogP contribution is -2.26. The summed E-state index contributed by atoms with van der Waals surface area (Å²) in [6, 6.07) is 62.6. The standard InChI is InChI=1S/C47H28O/c1-2-10-29(11-3-1)32-20-23-36-37-24-21-33(31-22-25-44-39(26-31)38-16-8-12-30-13-9-19-45(48-44)46(30)38)28-43(37)47(42(36)27-32)40-17-6-4-14-34(40)35-15-5-7-18-41(35)47/h1-28H. The number of fused-ring (bicyclic) bond motifs is 12. The van der Waals surface area contributed by atoms with E-state index in [4.69, 9.17) is 4.74 Å². The van der Waals surface area contributed by atoms with E-state index in [-0.39, 0.29) is 0 Å². The van der Waals surface area contributed by atoms with Crippen molar-refractivity contribution in [1.82, 2.24) is 0 Å². The maximum Gasteiger partial charge on any atom is 0.135 e. The Kier molecular flexibility index (Phi) is 5.10. The van der Waals surface area contributed by atoms with Crippen LogP contribution in [0.2, 0.25) is 0 Å². The van der Waals surface area contributed by atoms with E-state index in [0.717, 1.165) is 17.1 Å². The molecule has 1 heteroatoms. The molecule has 48 heavy (non-hydrogen) atoms. The summed E-state index contributed by atoms with van der Waals surface area (Å²) in [5, 5.41) is 2.38. The summed E-state index contributed by atoms with van der Waals surface area (Å²) in [5.74, 6) is 1.83. The lowest BCUT2D eigenvalue weighted by molar-refractivity contribution is 0.487. The van der Waals surface area contributed by atoms with Crippen molar-refractivity contribution in [2.45, 2.75) is 5.41 Å². The molecule has 0 unspecified atom stereocenters. The van der Waals surface area contributed by atoms with Gasteiger partial charge in [-0.3, -0.25) is 0 Å². The fraction of sp³-hybridized carbons (Fsp3) is 0.0213. The van der Waals surface area contributed by atoms with Gasteiger partial charge in [-0.1, -0.05) is 140 Å². The molecule has 0 bridgehead atoms. The van der Waals surface area contributed by atoms with Crippen molar-refractivity contribution in [3.05, 3.63) is 192 Å². The van der Waals surface area contributed by atoms with E-state index in [1.807, 2.05) is 0 Å². The number of ether oxygens (including phenoxy) is 1. The van der Waals surface area contributed by atoms with Crippen LogP contribution in [0.25, 0.3) is 66.4 Å². The molecule has 0 amide bonds. The van der Waals surface area contributed by atoms with E-state index in [2.05, 4.69) is 170 Å². The average Bonchev–Trinajstić information content (AvgIpc) is 3.62. The quantitative estimate of drug-likeness (QED) is 0.190. The van der Waals surface area contributed by atoms with Gasteiger partial charge in [0.05, 0.1) is 5.41 Å². The lowest BCUT2D eigenvalue weighted by atomic mass is 9.70. The zero-order valence-electron chi connectivity index (χ0n) is 26.1. The molecule has 0 radical (unpaired) electrons. The van der Waals surface area contributed by atoms with Gasteiger partial charge < -0.3 is 4.74 Å². The van der Waals surface area contributed by atoms with Crippen molar-refractivity contribution in [2.75, 3.05) is 0 Å². The number of benzene rings is 8. The number of rotatable bonds is 2. The van der Waals surface area contributed by atoms with Gasteiger partial charge in [-0.05, 0) is 108 Å². The highest BCUT2D eigenvalue weighted by Crippen LogP contribution is 2.63. The Morgan fingerprint density at radius 1 is 0.312 bits per heavy atom. The minimum absolute atomic E-state index is 0.416. The van der Waals surface area contributed by atoms with E-state index in [1.54, 1.807) is 0 Å². The first-order chi connectivity index (χ1) is 23.8. The topological polar surface area (TPSA) is 9.23 Å². The van der Waals surface area contributed by atoms with Crippen LogP contribution in [0, 0.1) is 0 Å². The summed E-state index contributed by atoms with van der Waals surface area (Å²) >= 11 is 0. The second-order valence-corrected chi connectivity index (χ2v) is 13.2. The molecule has 2 aliphatic carbocycles. The van der Waals surface area contributed by atoms with Crippen LogP contribution in [0.1, 0.15) is 22.3 Å². The molecule has 0 saturated heterocycles. The van der Waals surface area contributed by atoms with Crippen LogP contribution in [0.3, 0.4) is 0 Å². The fourth-order valence-electron chi connectivity index (χ4n) is 8.87. The molecule has 0 saturated carbocycles. The highest BCUT2D eigenvalue weighted by atomic mass is 16.5. The van der Waals surface area contributed by atoms with Gasteiger partial charge in [-0.2, -0.15) is 0 Å². The van der Waals surface area contributed by atoms with Gasteiger partial charge in [0.2, 0.25) is 0 Å². The Morgan fingerprint density at radius 3 is 1.56 bits per heavy atom. The second kappa shape index (κ2) is 9.44. The molecule has 1 nitrogen and oxygen atoms in total. The Morgan fingerprint density at radius 2 is 0.854 bits per heavy atom. The van der Waals surface area contributed by atoms with Crippen LogP contribution < -0.4 is 4.74 Å². The normalized spacial score (nSPS) is 13.8. The molecule has 1 heterocycles. The van der Waals surface area contributed by atoms with Crippen LogP contribution in [0.5, 0.6) is 11.5 Å². The van der Waals surface area contributed by atoms with E-state index in [1.165, 1.54) is 83.1 Å². The van der Waals surface area contributed by atoms with Gasteiger partial charge in [-0.15, -0.1) is 0 Å². The second-order valence-electron chi connectivity index (χ2n) is 13.2. The molecular weight excluding hydrogens is 581 g/mol. The maximum absolute atomic E-state index is 6.46. The highest BCUT2D eigenvalue weighted by Gasteiger charge is 2.51. The molecule has 3 aliphatic rings. The maximum atomic E-state index is 6.46. The molecule has 1 aliphatic heterocycles. The zero-order valence-corrected chi connectivity index (χ0v) is 26.1. The summed E-state index contributed by atoms with van der Waals surface area (Å²) in [7, 11) is 0. The molecule has 8 aromatic rings.